The lowest BCUT2D eigenvalue weighted by Crippen LogP contribution is -2.39. The van der Waals surface area contributed by atoms with Crippen LogP contribution in [-0.4, -0.2) is 31.3 Å². The Labute approximate surface area is 169 Å². The van der Waals surface area contributed by atoms with E-state index in [9.17, 15) is 14.0 Å². The number of hydrogen-bond acceptors (Lipinski definition) is 3. The van der Waals surface area contributed by atoms with Gasteiger partial charge in [0.15, 0.2) is 0 Å². The molecule has 0 radical (unpaired) electrons. The Balaban J connectivity index is 1.39. The molecule has 2 aromatic carbocycles. The second-order valence-electron chi connectivity index (χ2n) is 6.83. The number of urea groups is 2. The van der Waals surface area contributed by atoms with Crippen molar-refractivity contribution >= 4 is 17.7 Å². The minimum atomic E-state index is -0.381. The Morgan fingerprint density at radius 3 is 2.31 bits per heavy atom. The molecular weight excluding hydrogens is 375 g/mol. The van der Waals surface area contributed by atoms with Gasteiger partial charge in [-0.05, 0) is 48.2 Å². The van der Waals surface area contributed by atoms with Gasteiger partial charge in [0.2, 0.25) is 0 Å². The summed E-state index contributed by atoms with van der Waals surface area (Å²) in [5.74, 6) is -0.359. The van der Waals surface area contributed by atoms with Crippen molar-refractivity contribution in [1.82, 2.24) is 16.0 Å². The highest BCUT2D eigenvalue weighted by Gasteiger charge is 2.15. The predicted octanol–water partition coefficient (Wildman–Crippen LogP) is 3.13. The van der Waals surface area contributed by atoms with Crippen LogP contribution in [0.15, 0.2) is 48.5 Å². The first-order valence-corrected chi connectivity index (χ1v) is 9.60. The van der Waals surface area contributed by atoms with Crippen molar-refractivity contribution < 1.29 is 18.7 Å². The van der Waals surface area contributed by atoms with Crippen molar-refractivity contribution in [3.05, 3.63) is 65.5 Å². The Morgan fingerprint density at radius 2 is 1.66 bits per heavy atom. The van der Waals surface area contributed by atoms with E-state index in [0.717, 1.165) is 30.6 Å². The third-order valence-corrected chi connectivity index (χ3v) is 4.51. The van der Waals surface area contributed by atoms with Crippen molar-refractivity contribution in [2.24, 2.45) is 0 Å². The lowest BCUT2D eigenvalue weighted by atomic mass is 10.1. The maximum Gasteiger partial charge on any atom is 0.319 e. The van der Waals surface area contributed by atoms with E-state index in [0.29, 0.717) is 25.3 Å². The molecule has 7 nitrogen and oxygen atoms in total. The van der Waals surface area contributed by atoms with E-state index in [2.05, 4.69) is 21.3 Å². The number of carbonyl (C=O) groups is 2. The molecule has 1 aliphatic heterocycles. The fraction of sp³-hybridized carbons (Fsp3) is 0.333. The van der Waals surface area contributed by atoms with Crippen LogP contribution in [0.3, 0.4) is 0 Å². The Hall–Kier alpha value is -3.13. The quantitative estimate of drug-likeness (QED) is 0.576. The van der Waals surface area contributed by atoms with Gasteiger partial charge < -0.3 is 26.0 Å². The Kier molecular flexibility index (Phi) is 7.40. The fourth-order valence-corrected chi connectivity index (χ4v) is 3.00. The summed E-state index contributed by atoms with van der Waals surface area (Å²) in [5, 5.41) is 11.0. The third kappa shape index (κ3) is 7.08. The number of nitrogens with one attached hydrogen (secondary N) is 4. The van der Waals surface area contributed by atoms with E-state index in [-0.39, 0.29) is 24.0 Å². The molecule has 0 aromatic heterocycles. The highest BCUT2D eigenvalue weighted by atomic mass is 19.1. The second-order valence-corrected chi connectivity index (χ2v) is 6.83. The molecule has 8 heteroatoms. The van der Waals surface area contributed by atoms with Crippen molar-refractivity contribution in [3.8, 4) is 0 Å². The Bertz CT molecular complexity index is 823. The predicted molar refractivity (Wildman–Crippen MR) is 108 cm³/mol. The molecule has 154 valence electrons. The van der Waals surface area contributed by atoms with Crippen molar-refractivity contribution in [2.75, 3.05) is 18.5 Å². The van der Waals surface area contributed by atoms with E-state index < -0.39 is 0 Å². The summed E-state index contributed by atoms with van der Waals surface area (Å²) in [6.07, 6.45) is 2.12. The maximum absolute atomic E-state index is 12.9. The second kappa shape index (κ2) is 10.4. The highest BCUT2D eigenvalue weighted by molar-refractivity contribution is 5.89. The van der Waals surface area contributed by atoms with Gasteiger partial charge in [-0.25, -0.2) is 14.0 Å². The van der Waals surface area contributed by atoms with Crippen molar-refractivity contribution in [2.45, 2.75) is 32.0 Å². The molecule has 0 saturated carbocycles. The van der Waals surface area contributed by atoms with Crippen LogP contribution in [0, 0.1) is 5.82 Å². The Morgan fingerprint density at radius 1 is 0.966 bits per heavy atom. The SMILES string of the molecule is O=C(NCc1cccc(CNC(=O)Nc2ccc(F)cc2)c1)NCC1CCCO1. The zero-order valence-corrected chi connectivity index (χ0v) is 16.0. The van der Waals surface area contributed by atoms with Crippen molar-refractivity contribution in [3.63, 3.8) is 0 Å². The molecule has 4 amide bonds. The fourth-order valence-electron chi connectivity index (χ4n) is 3.00. The highest BCUT2D eigenvalue weighted by Crippen LogP contribution is 2.11. The molecule has 29 heavy (non-hydrogen) atoms. The lowest BCUT2D eigenvalue weighted by Gasteiger charge is -2.12. The summed E-state index contributed by atoms with van der Waals surface area (Å²) in [5.41, 5.74) is 2.34. The molecule has 1 aliphatic rings. The van der Waals surface area contributed by atoms with Gasteiger partial charge in [0, 0.05) is 31.9 Å². The molecule has 1 saturated heterocycles. The van der Waals surface area contributed by atoms with Gasteiger partial charge in [0.25, 0.3) is 0 Å². The van der Waals surface area contributed by atoms with E-state index in [1.54, 1.807) is 0 Å². The van der Waals surface area contributed by atoms with Gasteiger partial charge in [-0.3, -0.25) is 0 Å². The average Bonchev–Trinajstić information content (AvgIpc) is 3.25. The van der Waals surface area contributed by atoms with Gasteiger partial charge in [-0.15, -0.1) is 0 Å². The first kappa shape index (κ1) is 20.6. The van der Waals surface area contributed by atoms with Crippen LogP contribution in [-0.2, 0) is 17.8 Å². The van der Waals surface area contributed by atoms with Crippen LogP contribution in [0.4, 0.5) is 19.7 Å². The monoisotopic (exact) mass is 400 g/mol. The van der Waals surface area contributed by atoms with Crippen LogP contribution in [0.25, 0.3) is 0 Å². The molecule has 1 unspecified atom stereocenters. The van der Waals surface area contributed by atoms with Crippen LogP contribution >= 0.6 is 0 Å². The number of carbonyl (C=O) groups excluding carboxylic acids is 2. The summed E-state index contributed by atoms with van der Waals surface area (Å²) in [4.78, 5) is 23.9. The summed E-state index contributed by atoms with van der Waals surface area (Å²) < 4.78 is 18.4. The molecular formula is C21H25FN4O3. The standard InChI is InChI=1S/C21H25FN4O3/c22-17-6-8-18(9-7-17)26-21(28)24-13-16-4-1-3-15(11-16)12-23-20(27)25-14-19-5-2-10-29-19/h1,3-4,6-9,11,19H,2,5,10,12-14H2,(H2,23,25,27)(H2,24,26,28). The van der Waals surface area contributed by atoms with E-state index >= 15 is 0 Å². The first-order chi connectivity index (χ1) is 14.1. The number of benzene rings is 2. The van der Waals surface area contributed by atoms with Gasteiger partial charge in [0.1, 0.15) is 5.82 Å². The number of rotatable bonds is 7. The van der Waals surface area contributed by atoms with Gasteiger partial charge in [-0.1, -0.05) is 24.3 Å². The van der Waals surface area contributed by atoms with Gasteiger partial charge >= 0.3 is 12.1 Å². The van der Waals surface area contributed by atoms with Crippen LogP contribution in [0.1, 0.15) is 24.0 Å². The minimum absolute atomic E-state index is 0.108. The average molecular weight is 400 g/mol. The number of amides is 4. The molecule has 0 spiro atoms. The minimum Gasteiger partial charge on any atom is -0.376 e. The summed E-state index contributed by atoms with van der Waals surface area (Å²) >= 11 is 0. The zero-order valence-electron chi connectivity index (χ0n) is 16.0. The largest absolute Gasteiger partial charge is 0.376 e. The van der Waals surface area contributed by atoms with Crippen LogP contribution in [0.2, 0.25) is 0 Å². The summed E-state index contributed by atoms with van der Waals surface area (Å²) in [7, 11) is 0. The number of hydrogen-bond donors (Lipinski definition) is 4. The first-order valence-electron chi connectivity index (χ1n) is 9.60. The molecule has 3 rings (SSSR count). The number of ether oxygens (including phenoxy) is 1. The molecule has 1 atom stereocenters. The zero-order chi connectivity index (χ0) is 20.5. The summed E-state index contributed by atoms with van der Waals surface area (Å²) in [6, 6.07) is 12.5. The lowest BCUT2D eigenvalue weighted by molar-refractivity contribution is 0.111. The topological polar surface area (TPSA) is 91.5 Å². The van der Waals surface area contributed by atoms with E-state index in [1.807, 2.05) is 24.3 Å². The van der Waals surface area contributed by atoms with Gasteiger partial charge in [-0.2, -0.15) is 0 Å². The van der Waals surface area contributed by atoms with E-state index in [4.69, 9.17) is 4.74 Å². The van der Waals surface area contributed by atoms with Crippen LogP contribution in [0.5, 0.6) is 0 Å². The molecule has 0 aliphatic carbocycles. The summed E-state index contributed by atoms with van der Waals surface area (Å²) in [6.45, 7) is 1.98. The molecule has 0 bridgehead atoms. The number of halogens is 1. The smallest absolute Gasteiger partial charge is 0.319 e. The molecule has 1 heterocycles. The molecule has 2 aromatic rings. The van der Waals surface area contributed by atoms with Gasteiger partial charge in [0.05, 0.1) is 6.10 Å². The maximum atomic E-state index is 12.9. The number of anilines is 1. The van der Waals surface area contributed by atoms with Crippen LogP contribution < -0.4 is 21.3 Å². The third-order valence-electron chi connectivity index (χ3n) is 4.51. The normalized spacial score (nSPS) is 15.6. The molecule has 4 N–H and O–H groups in total. The molecule has 1 fully saturated rings. The van der Waals surface area contributed by atoms with E-state index in [1.165, 1.54) is 24.3 Å². The van der Waals surface area contributed by atoms with Crippen molar-refractivity contribution in [1.29, 1.82) is 0 Å².